The number of thiophene rings is 6. The van der Waals surface area contributed by atoms with E-state index in [9.17, 15) is 21.0 Å². The summed E-state index contributed by atoms with van der Waals surface area (Å²) in [7, 11) is 0. The van der Waals surface area contributed by atoms with Gasteiger partial charge in [0, 0.05) is 42.7 Å². The van der Waals surface area contributed by atoms with E-state index in [4.69, 9.17) is 31.9 Å². The molecular formula is C44H28Cl2N8S7. The third-order valence-electron chi connectivity index (χ3n) is 11.3. The van der Waals surface area contributed by atoms with Crippen molar-refractivity contribution < 1.29 is 0 Å². The van der Waals surface area contributed by atoms with Gasteiger partial charge in [-0.15, -0.1) is 68.0 Å². The van der Waals surface area contributed by atoms with Crippen LogP contribution in [-0.2, 0) is 13.1 Å². The molecule has 0 fully saturated rings. The summed E-state index contributed by atoms with van der Waals surface area (Å²) in [6.45, 7) is 10.7. The van der Waals surface area contributed by atoms with E-state index in [1.54, 1.807) is 45.3 Å². The lowest BCUT2D eigenvalue weighted by Gasteiger charge is -2.17. The van der Waals surface area contributed by atoms with Gasteiger partial charge in [0.2, 0.25) is 0 Å². The van der Waals surface area contributed by atoms with Crippen LogP contribution in [0.2, 0.25) is 10.0 Å². The predicted octanol–water partition coefficient (Wildman–Crippen LogP) is 12.0. The molecule has 10 rings (SSSR count). The van der Waals surface area contributed by atoms with Crippen molar-refractivity contribution in [2.45, 2.75) is 53.6 Å². The molecule has 0 N–H and O–H groups in total. The Labute approximate surface area is 385 Å². The molecule has 0 spiro atoms. The van der Waals surface area contributed by atoms with Crippen LogP contribution in [0.4, 0.5) is 0 Å². The minimum atomic E-state index is 0.104. The molecule has 0 aliphatic carbocycles. The van der Waals surface area contributed by atoms with E-state index < -0.39 is 0 Å². The number of hydrogen-bond acceptors (Lipinski definition) is 13. The van der Waals surface area contributed by atoms with E-state index in [0.717, 1.165) is 94.8 Å². The quantitative estimate of drug-likeness (QED) is 0.149. The number of halogens is 2. The first kappa shape index (κ1) is 40.5. The summed E-state index contributed by atoms with van der Waals surface area (Å²) >= 11 is 25.5. The molecule has 0 aliphatic heterocycles. The molecule has 0 saturated heterocycles. The highest BCUT2D eigenvalue weighted by Crippen LogP contribution is 2.55. The van der Waals surface area contributed by atoms with Crippen molar-refractivity contribution in [1.29, 1.82) is 21.0 Å². The minimum absolute atomic E-state index is 0.104. The first-order valence-corrected chi connectivity index (χ1v) is 25.6. The number of nitrogens with zero attached hydrogens (tertiary/aromatic N) is 8. The van der Waals surface area contributed by atoms with E-state index in [1.165, 1.54) is 56.5 Å². The Hall–Kier alpha value is -4.62. The highest BCUT2D eigenvalue weighted by molar-refractivity contribution is 7.35. The van der Waals surface area contributed by atoms with Crippen molar-refractivity contribution in [3.8, 4) is 24.3 Å². The van der Waals surface area contributed by atoms with Gasteiger partial charge in [-0.05, 0) is 48.3 Å². The molecule has 9 heterocycles. The molecule has 2 unspecified atom stereocenters. The standard InChI is InChI=1S/C44H28Cl2N8S7/c1-5-19(3)17-53-35-29(39-37(53)43-41(59-39)31(45)27(57-43)11-23-7-9-25(55-23)21(13-47)14-48)33-34(52-61-51-33)30-36(35)54(18-20(4)6-2)38-40(30)60-42-32(46)28(58-44(38)42)12-24-8-10-26(56-24)22(15-49)16-50/h7-12,19-20H,5-6,17-18H2,1-4H3/b23-11+,24-12+. The molecule has 0 aliphatic rings. The molecule has 61 heavy (non-hydrogen) atoms. The molecule has 17 heteroatoms. The number of fused-ring (bicyclic) bond motifs is 14. The summed E-state index contributed by atoms with van der Waals surface area (Å²) in [6, 6.07) is 15.5. The SMILES string of the molecule is CCC(C)Cn1c2c3sc(/C=c4\ccc(=C(C#N)C#N)s4)c(Cl)c3sc2c2c3nsnc3c3c4sc5c(Cl)c(/C=c6\ccc(=C(C#N)C#N)s6)sc5c4n(CC(C)CC)c3c21. The van der Waals surface area contributed by atoms with Gasteiger partial charge >= 0.3 is 0 Å². The van der Waals surface area contributed by atoms with Crippen LogP contribution in [0.5, 0.6) is 0 Å². The highest BCUT2D eigenvalue weighted by atomic mass is 35.5. The second-order valence-electron chi connectivity index (χ2n) is 15.0. The van der Waals surface area contributed by atoms with Gasteiger partial charge < -0.3 is 9.13 Å². The Morgan fingerprint density at radius 2 is 1.00 bits per heavy atom. The Kier molecular flexibility index (Phi) is 10.4. The second kappa shape index (κ2) is 15.6. The topological polar surface area (TPSA) is 131 Å². The number of rotatable bonds is 8. The summed E-state index contributed by atoms with van der Waals surface area (Å²) in [4.78, 5) is 1.88. The average Bonchev–Trinajstić information content (AvgIpc) is 4.13. The van der Waals surface area contributed by atoms with E-state index in [-0.39, 0.29) is 11.1 Å². The van der Waals surface area contributed by atoms with Gasteiger partial charge in [0.05, 0.1) is 81.1 Å². The average molecular weight is 964 g/mol. The van der Waals surface area contributed by atoms with Crippen LogP contribution in [0, 0.1) is 57.2 Å². The number of benzene rings is 1. The molecule has 300 valence electrons. The molecule has 10 aromatic rings. The Morgan fingerprint density at radius 1 is 0.590 bits per heavy atom. The van der Waals surface area contributed by atoms with E-state index >= 15 is 0 Å². The molecule has 9 aromatic heterocycles. The molecular weight excluding hydrogens is 936 g/mol. The summed E-state index contributed by atoms with van der Waals surface area (Å²) < 4.78 is 25.0. The van der Waals surface area contributed by atoms with Gasteiger partial charge in [0.25, 0.3) is 0 Å². The molecule has 8 nitrogen and oxygen atoms in total. The summed E-state index contributed by atoms with van der Waals surface area (Å²) in [6.07, 6.45) is 6.16. The minimum Gasteiger partial charge on any atom is -0.337 e. The van der Waals surface area contributed by atoms with Gasteiger partial charge in [-0.2, -0.15) is 29.8 Å². The van der Waals surface area contributed by atoms with Gasteiger partial charge in [-0.1, -0.05) is 63.7 Å². The van der Waals surface area contributed by atoms with Crippen molar-refractivity contribution in [3.63, 3.8) is 0 Å². The zero-order valence-electron chi connectivity index (χ0n) is 32.6. The molecule has 0 saturated carbocycles. The van der Waals surface area contributed by atoms with Crippen LogP contribution in [0.3, 0.4) is 0 Å². The fraction of sp³-hybridized carbons (Fsp3) is 0.227. The molecule has 0 bridgehead atoms. The molecule has 1 aromatic carbocycles. The van der Waals surface area contributed by atoms with E-state index in [0.29, 0.717) is 30.9 Å². The van der Waals surface area contributed by atoms with Crippen molar-refractivity contribution in [2.24, 2.45) is 11.8 Å². The lowest BCUT2D eigenvalue weighted by molar-refractivity contribution is 0.481. The maximum atomic E-state index is 9.45. The lowest BCUT2D eigenvalue weighted by Crippen LogP contribution is -2.09. The van der Waals surface area contributed by atoms with Crippen LogP contribution < -0.4 is 18.1 Å². The number of hydrogen-bond donors (Lipinski definition) is 0. The van der Waals surface area contributed by atoms with Crippen molar-refractivity contribution in [3.05, 3.63) is 62.2 Å². The number of aromatic nitrogens is 4. The maximum Gasteiger partial charge on any atom is 0.146 e. The van der Waals surface area contributed by atoms with Crippen LogP contribution >= 0.6 is 103 Å². The summed E-state index contributed by atoms with van der Waals surface area (Å²) in [5.74, 6) is 0.773. The second-order valence-corrected chi connectivity index (χ2v) is 22.6. The first-order valence-electron chi connectivity index (χ1n) is 19.2. The number of nitriles is 4. The molecule has 0 amide bonds. The fourth-order valence-electron chi connectivity index (χ4n) is 7.90. The third kappa shape index (κ3) is 6.21. The van der Waals surface area contributed by atoms with E-state index in [2.05, 4.69) is 49.0 Å². The largest absolute Gasteiger partial charge is 0.337 e. The van der Waals surface area contributed by atoms with Gasteiger partial charge in [-0.3, -0.25) is 0 Å². The van der Waals surface area contributed by atoms with Crippen molar-refractivity contribution >= 4 is 198 Å². The lowest BCUT2D eigenvalue weighted by atomic mass is 10.1. The zero-order valence-corrected chi connectivity index (χ0v) is 39.9. The molecule has 0 radical (unpaired) electrons. The van der Waals surface area contributed by atoms with Gasteiger partial charge in [-0.25, -0.2) is 0 Å². The summed E-state index contributed by atoms with van der Waals surface area (Å²) in [5, 5.41) is 41.4. The van der Waals surface area contributed by atoms with Crippen LogP contribution in [-0.4, -0.2) is 17.9 Å². The molecule has 2 atom stereocenters. The Morgan fingerprint density at radius 3 is 1.38 bits per heavy atom. The van der Waals surface area contributed by atoms with Crippen LogP contribution in [0.25, 0.3) is 95.4 Å². The smallest absolute Gasteiger partial charge is 0.146 e. The zero-order chi connectivity index (χ0) is 42.4. The fourth-order valence-corrected chi connectivity index (χ4v) is 16.6. The maximum absolute atomic E-state index is 9.45. The normalized spacial score (nSPS) is 13.7. The van der Waals surface area contributed by atoms with Crippen molar-refractivity contribution in [2.75, 3.05) is 0 Å². The Balaban J connectivity index is 1.31. The van der Waals surface area contributed by atoms with Gasteiger partial charge in [0.15, 0.2) is 0 Å². The van der Waals surface area contributed by atoms with E-state index in [1.807, 2.05) is 48.5 Å². The Bertz CT molecular complexity index is 3650. The van der Waals surface area contributed by atoms with Crippen LogP contribution in [0.15, 0.2) is 24.3 Å². The predicted molar refractivity (Wildman–Crippen MR) is 262 cm³/mol. The highest BCUT2D eigenvalue weighted by Gasteiger charge is 2.32. The summed E-state index contributed by atoms with van der Waals surface area (Å²) in [5.41, 5.74) is 6.72. The first-order chi connectivity index (χ1) is 29.6. The van der Waals surface area contributed by atoms with Gasteiger partial charge in [0.1, 0.15) is 46.5 Å². The monoisotopic (exact) mass is 962 g/mol. The third-order valence-corrected chi connectivity index (χ3v) is 20.1. The van der Waals surface area contributed by atoms with Crippen molar-refractivity contribution in [1.82, 2.24) is 17.9 Å². The van der Waals surface area contributed by atoms with Crippen LogP contribution in [0.1, 0.15) is 50.3 Å².